The summed E-state index contributed by atoms with van der Waals surface area (Å²) >= 11 is 3.51. The summed E-state index contributed by atoms with van der Waals surface area (Å²) in [5.74, 6) is 0.865. The van der Waals surface area contributed by atoms with E-state index in [0.717, 1.165) is 21.3 Å². The van der Waals surface area contributed by atoms with Crippen LogP contribution in [-0.2, 0) is 18.0 Å². The molecule has 0 amide bonds. The average Bonchev–Trinajstić information content (AvgIpc) is 2.42. The average molecular weight is 307 g/mol. The molecule has 94 valence electrons. The van der Waals surface area contributed by atoms with Gasteiger partial charge in [-0.3, -0.25) is 0 Å². The predicted octanol–water partition coefficient (Wildman–Crippen LogP) is 4.17. The van der Waals surface area contributed by atoms with Crippen LogP contribution in [0.1, 0.15) is 11.1 Å². The van der Waals surface area contributed by atoms with Gasteiger partial charge in [-0.2, -0.15) is 0 Å². The Morgan fingerprint density at radius 2 is 1.67 bits per heavy atom. The molecule has 0 aliphatic carbocycles. The Hall–Kier alpha value is -1.32. The van der Waals surface area contributed by atoms with E-state index in [4.69, 9.17) is 9.47 Å². The molecule has 0 unspecified atom stereocenters. The van der Waals surface area contributed by atoms with Gasteiger partial charge in [0.15, 0.2) is 0 Å². The molecular formula is C15H15BrO2. The zero-order valence-corrected chi connectivity index (χ0v) is 11.8. The first-order valence-electron chi connectivity index (χ1n) is 5.73. The van der Waals surface area contributed by atoms with E-state index in [0.29, 0.717) is 13.2 Å². The van der Waals surface area contributed by atoms with Gasteiger partial charge in [0, 0.05) is 4.47 Å². The predicted molar refractivity (Wildman–Crippen MR) is 75.6 cm³/mol. The fourth-order valence-corrected chi connectivity index (χ4v) is 2.02. The molecule has 2 aromatic rings. The van der Waals surface area contributed by atoms with E-state index < -0.39 is 0 Å². The number of benzene rings is 2. The minimum absolute atomic E-state index is 0.603. The van der Waals surface area contributed by atoms with Crippen LogP contribution in [0.4, 0.5) is 0 Å². The van der Waals surface area contributed by atoms with Crippen LogP contribution in [0.2, 0.25) is 0 Å². The highest BCUT2D eigenvalue weighted by Crippen LogP contribution is 2.18. The first kappa shape index (κ1) is 13.1. The lowest BCUT2D eigenvalue weighted by Crippen LogP contribution is -1.95. The van der Waals surface area contributed by atoms with Crippen molar-refractivity contribution in [2.75, 3.05) is 7.11 Å². The van der Waals surface area contributed by atoms with E-state index in [1.54, 1.807) is 7.11 Å². The van der Waals surface area contributed by atoms with E-state index in [1.807, 2.05) is 42.5 Å². The maximum atomic E-state index is 5.69. The zero-order valence-electron chi connectivity index (χ0n) is 10.2. The Bertz CT molecular complexity index is 494. The molecule has 18 heavy (non-hydrogen) atoms. The minimum Gasteiger partial charge on any atom is -0.497 e. The van der Waals surface area contributed by atoms with Gasteiger partial charge < -0.3 is 9.47 Å². The third-order valence-corrected chi connectivity index (χ3v) is 3.42. The van der Waals surface area contributed by atoms with Gasteiger partial charge >= 0.3 is 0 Å². The molecule has 2 aromatic carbocycles. The summed E-state index contributed by atoms with van der Waals surface area (Å²) in [6, 6.07) is 16.0. The standard InChI is InChI=1S/C15H15BrO2/c1-17-14-8-6-12(7-9-14)10-18-11-13-4-2-3-5-15(13)16/h2-9H,10-11H2,1H3. The van der Waals surface area contributed by atoms with Crippen LogP contribution in [0.5, 0.6) is 5.75 Å². The first-order valence-corrected chi connectivity index (χ1v) is 6.53. The number of ether oxygens (including phenoxy) is 2. The molecule has 2 nitrogen and oxygen atoms in total. The molecule has 0 heterocycles. The summed E-state index contributed by atoms with van der Waals surface area (Å²) in [7, 11) is 1.67. The van der Waals surface area contributed by atoms with Crippen molar-refractivity contribution in [3.05, 3.63) is 64.1 Å². The van der Waals surface area contributed by atoms with E-state index >= 15 is 0 Å². The molecule has 0 aliphatic heterocycles. The minimum atomic E-state index is 0.603. The fraction of sp³-hybridized carbons (Fsp3) is 0.200. The van der Waals surface area contributed by atoms with Gasteiger partial charge in [-0.1, -0.05) is 46.3 Å². The third-order valence-electron chi connectivity index (χ3n) is 2.64. The maximum Gasteiger partial charge on any atom is 0.118 e. The number of rotatable bonds is 5. The third kappa shape index (κ3) is 3.59. The van der Waals surface area contributed by atoms with E-state index in [1.165, 1.54) is 0 Å². The number of halogens is 1. The Kier molecular flexibility index (Phi) is 4.79. The van der Waals surface area contributed by atoms with Gasteiger partial charge in [0.25, 0.3) is 0 Å². The van der Waals surface area contributed by atoms with Gasteiger partial charge in [-0.05, 0) is 29.3 Å². The number of hydrogen-bond acceptors (Lipinski definition) is 2. The lowest BCUT2D eigenvalue weighted by atomic mass is 10.2. The van der Waals surface area contributed by atoms with Crippen LogP contribution in [0.25, 0.3) is 0 Å². The topological polar surface area (TPSA) is 18.5 Å². The van der Waals surface area contributed by atoms with Gasteiger partial charge in [0.05, 0.1) is 20.3 Å². The van der Waals surface area contributed by atoms with Crippen molar-refractivity contribution in [2.45, 2.75) is 13.2 Å². The lowest BCUT2D eigenvalue weighted by molar-refractivity contribution is 0.106. The monoisotopic (exact) mass is 306 g/mol. The molecular weight excluding hydrogens is 292 g/mol. The Balaban J connectivity index is 1.86. The van der Waals surface area contributed by atoms with Crippen molar-refractivity contribution < 1.29 is 9.47 Å². The Labute approximate surface area is 116 Å². The van der Waals surface area contributed by atoms with Crippen molar-refractivity contribution in [3.63, 3.8) is 0 Å². The zero-order chi connectivity index (χ0) is 12.8. The van der Waals surface area contributed by atoms with Crippen LogP contribution in [0.15, 0.2) is 53.0 Å². The Morgan fingerprint density at radius 1 is 0.944 bits per heavy atom. The highest BCUT2D eigenvalue weighted by Gasteiger charge is 1.99. The summed E-state index contributed by atoms with van der Waals surface area (Å²) in [5.41, 5.74) is 2.30. The fourth-order valence-electron chi connectivity index (χ4n) is 1.62. The van der Waals surface area contributed by atoms with Crippen molar-refractivity contribution >= 4 is 15.9 Å². The largest absolute Gasteiger partial charge is 0.497 e. The van der Waals surface area contributed by atoms with Gasteiger partial charge in [0.1, 0.15) is 5.75 Å². The lowest BCUT2D eigenvalue weighted by Gasteiger charge is -2.07. The molecule has 0 fully saturated rings. The van der Waals surface area contributed by atoms with Gasteiger partial charge in [-0.15, -0.1) is 0 Å². The highest BCUT2D eigenvalue weighted by molar-refractivity contribution is 9.10. The van der Waals surface area contributed by atoms with Crippen LogP contribution in [-0.4, -0.2) is 7.11 Å². The molecule has 0 bridgehead atoms. The van der Waals surface area contributed by atoms with Crippen molar-refractivity contribution in [1.29, 1.82) is 0 Å². The molecule has 0 radical (unpaired) electrons. The summed E-state index contributed by atoms with van der Waals surface area (Å²) in [4.78, 5) is 0. The van der Waals surface area contributed by atoms with Gasteiger partial charge in [-0.25, -0.2) is 0 Å². The molecule has 0 N–H and O–H groups in total. The first-order chi connectivity index (χ1) is 8.79. The number of methoxy groups -OCH3 is 1. The summed E-state index contributed by atoms with van der Waals surface area (Å²) in [6.07, 6.45) is 0. The van der Waals surface area contributed by atoms with E-state index in [2.05, 4.69) is 22.0 Å². The second-order valence-corrected chi connectivity index (χ2v) is 4.79. The van der Waals surface area contributed by atoms with Crippen LogP contribution < -0.4 is 4.74 Å². The summed E-state index contributed by atoms with van der Waals surface area (Å²) < 4.78 is 11.9. The van der Waals surface area contributed by atoms with Crippen molar-refractivity contribution in [2.24, 2.45) is 0 Å². The second kappa shape index (κ2) is 6.57. The summed E-state index contributed by atoms with van der Waals surface area (Å²) in [6.45, 7) is 1.21. The van der Waals surface area contributed by atoms with Crippen LogP contribution in [0, 0.1) is 0 Å². The second-order valence-electron chi connectivity index (χ2n) is 3.93. The highest BCUT2D eigenvalue weighted by atomic mass is 79.9. The molecule has 0 spiro atoms. The SMILES string of the molecule is COc1ccc(COCc2ccccc2Br)cc1. The van der Waals surface area contributed by atoms with Crippen molar-refractivity contribution in [3.8, 4) is 5.75 Å². The Morgan fingerprint density at radius 3 is 2.33 bits per heavy atom. The normalized spacial score (nSPS) is 10.3. The molecule has 0 saturated carbocycles. The number of hydrogen-bond donors (Lipinski definition) is 0. The van der Waals surface area contributed by atoms with Crippen LogP contribution in [0.3, 0.4) is 0 Å². The van der Waals surface area contributed by atoms with E-state index in [9.17, 15) is 0 Å². The smallest absolute Gasteiger partial charge is 0.118 e. The molecule has 0 atom stereocenters. The summed E-state index contributed by atoms with van der Waals surface area (Å²) in [5, 5.41) is 0. The maximum absolute atomic E-state index is 5.69. The molecule has 3 heteroatoms. The van der Waals surface area contributed by atoms with E-state index in [-0.39, 0.29) is 0 Å². The molecule has 0 aliphatic rings. The van der Waals surface area contributed by atoms with Gasteiger partial charge in [0.2, 0.25) is 0 Å². The van der Waals surface area contributed by atoms with Crippen molar-refractivity contribution in [1.82, 2.24) is 0 Å². The quantitative estimate of drug-likeness (QED) is 0.825. The molecule has 0 saturated heterocycles. The molecule has 2 rings (SSSR count). The molecule has 0 aromatic heterocycles. The van der Waals surface area contributed by atoms with Crippen LogP contribution >= 0.6 is 15.9 Å².